The highest BCUT2D eigenvalue weighted by atomic mass is 35.5. The molecular formula is C21H21ClN4O2S. The number of pyridine rings is 1. The number of hydrogen-bond donors (Lipinski definition) is 1. The van der Waals surface area contributed by atoms with E-state index in [1.807, 2.05) is 18.2 Å². The van der Waals surface area contributed by atoms with Gasteiger partial charge in [0, 0.05) is 34.3 Å². The maximum absolute atomic E-state index is 12.4. The summed E-state index contributed by atoms with van der Waals surface area (Å²) >= 11 is 6.19. The minimum absolute atomic E-state index is 0.0391. The standard InChI is InChI=1S/C21H21ClN4O2S/c1-13(2)25-29(27,28)20-9-6-14(12-24-20)21-18(11-23)17-10-15(22)7-8-19(17)26(21)16-4-3-5-16/h6-10,12-13,16,25H,3-5H2,1-2H3. The van der Waals surface area contributed by atoms with E-state index in [1.54, 1.807) is 19.9 Å². The third-order valence-corrected chi connectivity index (χ3v) is 7.00. The number of nitriles is 1. The maximum atomic E-state index is 12.4. The van der Waals surface area contributed by atoms with Crippen LogP contribution in [0.1, 0.15) is 44.7 Å². The number of benzene rings is 1. The van der Waals surface area contributed by atoms with Crippen LogP contribution in [0.25, 0.3) is 22.2 Å². The van der Waals surface area contributed by atoms with Gasteiger partial charge in [0.1, 0.15) is 6.07 Å². The fourth-order valence-electron chi connectivity index (χ4n) is 3.76. The molecule has 2 aromatic heterocycles. The van der Waals surface area contributed by atoms with Crippen LogP contribution in [0.4, 0.5) is 0 Å². The maximum Gasteiger partial charge on any atom is 0.258 e. The van der Waals surface area contributed by atoms with Gasteiger partial charge in [-0.15, -0.1) is 0 Å². The quantitative estimate of drug-likeness (QED) is 0.641. The van der Waals surface area contributed by atoms with Crippen molar-refractivity contribution in [2.75, 3.05) is 0 Å². The van der Waals surface area contributed by atoms with Crippen molar-refractivity contribution in [2.24, 2.45) is 0 Å². The van der Waals surface area contributed by atoms with E-state index in [0.29, 0.717) is 22.2 Å². The normalized spacial score (nSPS) is 14.9. The lowest BCUT2D eigenvalue weighted by molar-refractivity contribution is 0.324. The number of sulfonamides is 1. The van der Waals surface area contributed by atoms with Gasteiger partial charge < -0.3 is 4.57 Å². The Hall–Kier alpha value is -2.40. The first kappa shape index (κ1) is 19.9. The van der Waals surface area contributed by atoms with Gasteiger partial charge in [-0.3, -0.25) is 0 Å². The molecule has 29 heavy (non-hydrogen) atoms. The zero-order valence-electron chi connectivity index (χ0n) is 16.2. The van der Waals surface area contributed by atoms with Crippen molar-refractivity contribution < 1.29 is 8.42 Å². The number of nitrogens with one attached hydrogen (secondary N) is 1. The number of halogens is 1. The van der Waals surface area contributed by atoms with E-state index in [4.69, 9.17) is 11.6 Å². The molecule has 0 amide bonds. The number of nitrogens with zero attached hydrogens (tertiary/aromatic N) is 3. The Kier molecular flexibility index (Phi) is 5.11. The van der Waals surface area contributed by atoms with Crippen molar-refractivity contribution in [1.82, 2.24) is 14.3 Å². The molecule has 1 aromatic carbocycles. The molecule has 1 saturated carbocycles. The predicted molar refractivity (Wildman–Crippen MR) is 113 cm³/mol. The van der Waals surface area contributed by atoms with Gasteiger partial charge >= 0.3 is 0 Å². The Morgan fingerprint density at radius 1 is 1.28 bits per heavy atom. The first-order valence-electron chi connectivity index (χ1n) is 9.54. The van der Waals surface area contributed by atoms with Crippen molar-refractivity contribution in [3.8, 4) is 17.3 Å². The molecule has 0 bridgehead atoms. The molecule has 0 spiro atoms. The van der Waals surface area contributed by atoms with Crippen molar-refractivity contribution in [3.05, 3.63) is 47.1 Å². The topological polar surface area (TPSA) is 87.8 Å². The molecule has 1 aliphatic carbocycles. The van der Waals surface area contributed by atoms with Crippen LogP contribution in [-0.2, 0) is 10.0 Å². The van der Waals surface area contributed by atoms with E-state index in [9.17, 15) is 13.7 Å². The number of aromatic nitrogens is 2. The molecule has 0 radical (unpaired) electrons. The molecule has 1 aliphatic rings. The number of rotatable bonds is 5. The highest BCUT2D eigenvalue weighted by Gasteiger charge is 2.28. The second-order valence-corrected chi connectivity index (χ2v) is 9.71. The third-order valence-electron chi connectivity index (χ3n) is 5.19. The van der Waals surface area contributed by atoms with E-state index in [-0.39, 0.29) is 11.1 Å². The van der Waals surface area contributed by atoms with Crippen molar-refractivity contribution in [2.45, 2.75) is 50.2 Å². The van der Waals surface area contributed by atoms with Gasteiger partial charge in [0.05, 0.1) is 16.8 Å². The highest BCUT2D eigenvalue weighted by molar-refractivity contribution is 7.89. The molecule has 3 aromatic rings. The van der Waals surface area contributed by atoms with Crippen LogP contribution in [0.15, 0.2) is 41.6 Å². The van der Waals surface area contributed by atoms with E-state index < -0.39 is 10.0 Å². The van der Waals surface area contributed by atoms with Gasteiger partial charge in [0.25, 0.3) is 10.0 Å². The molecular weight excluding hydrogens is 408 g/mol. The zero-order chi connectivity index (χ0) is 20.8. The molecule has 1 N–H and O–H groups in total. The number of fused-ring (bicyclic) bond motifs is 1. The minimum Gasteiger partial charge on any atom is -0.336 e. The SMILES string of the molecule is CC(C)NS(=O)(=O)c1ccc(-c2c(C#N)c3cc(Cl)ccc3n2C2CCC2)cn1. The fourth-order valence-corrected chi connectivity index (χ4v) is 5.11. The molecule has 150 valence electrons. The van der Waals surface area contributed by atoms with Crippen LogP contribution in [-0.4, -0.2) is 24.0 Å². The van der Waals surface area contributed by atoms with Crippen LogP contribution < -0.4 is 4.72 Å². The largest absolute Gasteiger partial charge is 0.336 e. The van der Waals surface area contributed by atoms with Gasteiger partial charge in [-0.05, 0) is 63.4 Å². The summed E-state index contributed by atoms with van der Waals surface area (Å²) in [5.41, 5.74) is 2.97. The van der Waals surface area contributed by atoms with E-state index in [2.05, 4.69) is 20.3 Å². The average molecular weight is 429 g/mol. The monoisotopic (exact) mass is 428 g/mol. The molecule has 2 heterocycles. The summed E-state index contributed by atoms with van der Waals surface area (Å²) in [6.07, 6.45) is 4.77. The summed E-state index contributed by atoms with van der Waals surface area (Å²) in [5.74, 6) is 0. The first-order chi connectivity index (χ1) is 13.8. The van der Waals surface area contributed by atoms with Gasteiger partial charge in [0.15, 0.2) is 5.03 Å². The molecule has 8 heteroatoms. The Balaban J connectivity index is 1.89. The molecule has 4 rings (SSSR count). The lowest BCUT2D eigenvalue weighted by Crippen LogP contribution is -2.30. The summed E-state index contributed by atoms with van der Waals surface area (Å²) in [4.78, 5) is 4.19. The lowest BCUT2D eigenvalue weighted by Gasteiger charge is -2.30. The van der Waals surface area contributed by atoms with E-state index >= 15 is 0 Å². The van der Waals surface area contributed by atoms with Crippen molar-refractivity contribution in [1.29, 1.82) is 5.26 Å². The van der Waals surface area contributed by atoms with Crippen LogP contribution in [0.3, 0.4) is 0 Å². The van der Waals surface area contributed by atoms with E-state index in [0.717, 1.165) is 35.9 Å². The van der Waals surface area contributed by atoms with Gasteiger partial charge in [0.2, 0.25) is 0 Å². The molecule has 0 atom stereocenters. The molecule has 0 aliphatic heterocycles. The molecule has 6 nitrogen and oxygen atoms in total. The summed E-state index contributed by atoms with van der Waals surface area (Å²) < 4.78 is 29.5. The molecule has 1 fully saturated rings. The van der Waals surface area contributed by atoms with Gasteiger partial charge in [-0.25, -0.2) is 18.1 Å². The number of hydrogen-bond acceptors (Lipinski definition) is 4. The fraction of sp³-hybridized carbons (Fsp3) is 0.333. The van der Waals surface area contributed by atoms with Gasteiger partial charge in [-0.2, -0.15) is 5.26 Å². The van der Waals surface area contributed by atoms with Crippen LogP contribution in [0.5, 0.6) is 0 Å². The average Bonchev–Trinajstić information content (AvgIpc) is 2.92. The Morgan fingerprint density at radius 2 is 2.03 bits per heavy atom. The van der Waals surface area contributed by atoms with Gasteiger partial charge in [-0.1, -0.05) is 11.6 Å². The van der Waals surface area contributed by atoms with Crippen molar-refractivity contribution >= 4 is 32.5 Å². The zero-order valence-corrected chi connectivity index (χ0v) is 17.8. The lowest BCUT2D eigenvalue weighted by atomic mass is 9.92. The smallest absolute Gasteiger partial charge is 0.258 e. The molecule has 0 saturated heterocycles. The predicted octanol–water partition coefficient (Wildman–Crippen LogP) is 4.64. The second kappa shape index (κ2) is 7.45. The second-order valence-electron chi connectivity index (χ2n) is 7.61. The summed E-state index contributed by atoms with van der Waals surface area (Å²) in [6.45, 7) is 3.51. The Labute approximate surface area is 175 Å². The summed E-state index contributed by atoms with van der Waals surface area (Å²) in [7, 11) is -3.67. The van der Waals surface area contributed by atoms with Crippen LogP contribution >= 0.6 is 11.6 Å². The summed E-state index contributed by atoms with van der Waals surface area (Å²) in [6, 6.07) is 11.2. The van der Waals surface area contributed by atoms with Crippen LogP contribution in [0, 0.1) is 11.3 Å². The van der Waals surface area contributed by atoms with E-state index in [1.165, 1.54) is 12.3 Å². The molecule has 0 unspecified atom stereocenters. The highest BCUT2D eigenvalue weighted by Crippen LogP contribution is 2.42. The minimum atomic E-state index is -3.67. The third kappa shape index (κ3) is 3.52. The van der Waals surface area contributed by atoms with Crippen LogP contribution in [0.2, 0.25) is 5.02 Å². The Bertz CT molecular complexity index is 1220. The first-order valence-corrected chi connectivity index (χ1v) is 11.4. The summed E-state index contributed by atoms with van der Waals surface area (Å²) in [5, 5.41) is 11.2. The Morgan fingerprint density at radius 3 is 2.59 bits per heavy atom. The van der Waals surface area contributed by atoms with Crippen molar-refractivity contribution in [3.63, 3.8) is 0 Å².